The number of aromatic nitrogens is 1. The van der Waals surface area contributed by atoms with Gasteiger partial charge < -0.3 is 14.2 Å². The zero-order chi connectivity index (χ0) is 15.3. The van der Waals surface area contributed by atoms with Gasteiger partial charge >= 0.3 is 0 Å². The minimum atomic E-state index is 0.156. The number of aryl methyl sites for hydroxylation is 1. The summed E-state index contributed by atoms with van der Waals surface area (Å²) in [4.78, 5) is 14.8. The Balaban J connectivity index is 1.54. The molecular weight excluding hydrogens is 296 g/mol. The minimum Gasteiger partial charge on any atom is -0.381 e. The molecule has 2 aliphatic heterocycles. The Morgan fingerprint density at radius 3 is 2.86 bits per heavy atom. The van der Waals surface area contributed by atoms with Gasteiger partial charge in [0.15, 0.2) is 0 Å². The molecule has 3 heterocycles. The van der Waals surface area contributed by atoms with Crippen molar-refractivity contribution in [1.82, 2.24) is 9.47 Å². The number of rotatable bonds is 2. The largest absolute Gasteiger partial charge is 0.381 e. The summed E-state index contributed by atoms with van der Waals surface area (Å²) in [6, 6.07) is 8.09. The fourth-order valence-corrected chi connectivity index (χ4v) is 5.24. The van der Waals surface area contributed by atoms with E-state index in [1.54, 1.807) is 7.11 Å². The van der Waals surface area contributed by atoms with Crippen LogP contribution in [0.4, 0.5) is 0 Å². The van der Waals surface area contributed by atoms with E-state index in [1.807, 2.05) is 52.7 Å². The molecule has 1 aromatic heterocycles. The van der Waals surface area contributed by atoms with Crippen LogP contribution in [0.1, 0.15) is 16.8 Å². The molecule has 2 aromatic rings. The standard InChI is InChI=1S/C17H20N2O2S/c1-18-8-14(13-5-3-4-6-15(13)18)16(20)19-10-17(11-19)7-12(21-2)9-22-17/h3-6,8,12H,7,9-11H2,1-2H3/t12-/m0/s1. The summed E-state index contributed by atoms with van der Waals surface area (Å²) in [7, 11) is 3.77. The summed E-state index contributed by atoms with van der Waals surface area (Å²) in [5.74, 6) is 1.20. The molecule has 0 radical (unpaired) electrons. The zero-order valence-electron chi connectivity index (χ0n) is 12.9. The van der Waals surface area contributed by atoms with Crippen molar-refractivity contribution in [2.75, 3.05) is 26.0 Å². The van der Waals surface area contributed by atoms with E-state index in [4.69, 9.17) is 4.74 Å². The molecule has 22 heavy (non-hydrogen) atoms. The van der Waals surface area contributed by atoms with Crippen molar-refractivity contribution in [3.63, 3.8) is 0 Å². The van der Waals surface area contributed by atoms with Crippen LogP contribution in [-0.2, 0) is 11.8 Å². The first-order chi connectivity index (χ1) is 10.6. The van der Waals surface area contributed by atoms with Crippen LogP contribution in [0.15, 0.2) is 30.5 Å². The normalized spacial score (nSPS) is 23.2. The number of para-hydroxylation sites is 1. The molecule has 1 spiro atoms. The van der Waals surface area contributed by atoms with E-state index in [1.165, 1.54) is 0 Å². The minimum absolute atomic E-state index is 0.156. The van der Waals surface area contributed by atoms with Crippen LogP contribution in [0.5, 0.6) is 0 Å². The fourth-order valence-electron chi connectivity index (χ4n) is 3.65. The van der Waals surface area contributed by atoms with Crippen molar-refractivity contribution >= 4 is 28.6 Å². The zero-order valence-corrected chi connectivity index (χ0v) is 13.7. The van der Waals surface area contributed by atoms with E-state index in [-0.39, 0.29) is 10.7 Å². The van der Waals surface area contributed by atoms with Gasteiger partial charge in [0, 0.05) is 50.1 Å². The highest BCUT2D eigenvalue weighted by Crippen LogP contribution is 2.46. The van der Waals surface area contributed by atoms with Gasteiger partial charge in [0.1, 0.15) is 0 Å². The number of likely N-dealkylation sites (tertiary alicyclic amines) is 1. The Morgan fingerprint density at radius 2 is 2.14 bits per heavy atom. The molecule has 2 fully saturated rings. The van der Waals surface area contributed by atoms with E-state index in [9.17, 15) is 4.79 Å². The second-order valence-corrected chi connectivity index (χ2v) is 7.88. The molecule has 1 amide bonds. The van der Waals surface area contributed by atoms with Gasteiger partial charge in [0.2, 0.25) is 0 Å². The number of carbonyl (C=O) groups excluding carboxylic acids is 1. The molecule has 1 aromatic carbocycles. The van der Waals surface area contributed by atoms with Crippen molar-refractivity contribution in [2.24, 2.45) is 7.05 Å². The molecular formula is C17H20N2O2S. The lowest BCUT2D eigenvalue weighted by Crippen LogP contribution is -2.60. The molecule has 4 nitrogen and oxygen atoms in total. The van der Waals surface area contributed by atoms with Crippen LogP contribution >= 0.6 is 11.8 Å². The van der Waals surface area contributed by atoms with Crippen LogP contribution in [0, 0.1) is 0 Å². The molecule has 0 saturated carbocycles. The molecule has 116 valence electrons. The Hall–Kier alpha value is -1.46. The first-order valence-electron chi connectivity index (χ1n) is 7.62. The SMILES string of the molecule is CO[C@@H]1CSC2(C1)CN(C(=O)c1cn(C)c3ccccc13)C2. The van der Waals surface area contributed by atoms with Gasteiger partial charge in [-0.1, -0.05) is 18.2 Å². The van der Waals surface area contributed by atoms with E-state index in [0.717, 1.165) is 41.7 Å². The number of hydrogen-bond acceptors (Lipinski definition) is 3. The van der Waals surface area contributed by atoms with Crippen LogP contribution in [0.25, 0.3) is 10.9 Å². The number of thioether (sulfide) groups is 1. The van der Waals surface area contributed by atoms with E-state index >= 15 is 0 Å². The summed E-state index contributed by atoms with van der Waals surface area (Å²) in [6.07, 6.45) is 3.37. The Bertz CT molecular complexity index is 733. The third kappa shape index (κ3) is 2.07. The predicted octanol–water partition coefficient (Wildman–Crippen LogP) is 2.52. The van der Waals surface area contributed by atoms with Crippen LogP contribution in [0.3, 0.4) is 0 Å². The summed E-state index contributed by atoms with van der Waals surface area (Å²) >= 11 is 1.97. The van der Waals surface area contributed by atoms with Gasteiger partial charge in [-0.3, -0.25) is 4.79 Å². The molecule has 4 rings (SSSR count). The van der Waals surface area contributed by atoms with Gasteiger partial charge in [-0.25, -0.2) is 0 Å². The van der Waals surface area contributed by atoms with Crippen molar-refractivity contribution in [2.45, 2.75) is 17.3 Å². The number of carbonyl (C=O) groups is 1. The molecule has 2 saturated heterocycles. The lowest BCUT2D eigenvalue weighted by Gasteiger charge is -2.47. The molecule has 0 aliphatic carbocycles. The van der Waals surface area contributed by atoms with Crippen molar-refractivity contribution in [3.8, 4) is 0 Å². The summed E-state index contributed by atoms with van der Waals surface area (Å²) < 4.78 is 7.72. The van der Waals surface area contributed by atoms with E-state index < -0.39 is 0 Å². The summed E-state index contributed by atoms with van der Waals surface area (Å²) in [6.45, 7) is 1.69. The number of nitrogens with zero attached hydrogens (tertiary/aromatic N) is 2. The first-order valence-corrected chi connectivity index (χ1v) is 8.60. The quantitative estimate of drug-likeness (QED) is 0.854. The third-order valence-corrected chi connectivity index (χ3v) is 6.46. The van der Waals surface area contributed by atoms with Gasteiger partial charge in [0.05, 0.1) is 16.4 Å². The van der Waals surface area contributed by atoms with Gasteiger partial charge in [-0.15, -0.1) is 11.8 Å². The topological polar surface area (TPSA) is 34.5 Å². The van der Waals surface area contributed by atoms with Gasteiger partial charge in [-0.05, 0) is 12.5 Å². The molecule has 1 atom stereocenters. The molecule has 0 N–H and O–H groups in total. The average Bonchev–Trinajstić information content (AvgIpc) is 3.08. The second kappa shape index (κ2) is 5.03. The van der Waals surface area contributed by atoms with Crippen LogP contribution in [0.2, 0.25) is 0 Å². The lowest BCUT2D eigenvalue weighted by molar-refractivity contribution is 0.0453. The maximum Gasteiger partial charge on any atom is 0.256 e. The molecule has 0 bridgehead atoms. The van der Waals surface area contributed by atoms with Gasteiger partial charge in [-0.2, -0.15) is 0 Å². The number of methoxy groups -OCH3 is 1. The van der Waals surface area contributed by atoms with E-state index in [0.29, 0.717) is 6.10 Å². The maximum absolute atomic E-state index is 12.8. The van der Waals surface area contributed by atoms with Gasteiger partial charge in [0.25, 0.3) is 5.91 Å². The highest BCUT2D eigenvalue weighted by atomic mass is 32.2. The molecule has 0 unspecified atom stereocenters. The highest BCUT2D eigenvalue weighted by Gasteiger charge is 2.51. The first kappa shape index (κ1) is 14.2. The highest BCUT2D eigenvalue weighted by molar-refractivity contribution is 8.01. The number of benzene rings is 1. The Kier molecular flexibility index (Phi) is 3.24. The van der Waals surface area contributed by atoms with Crippen molar-refractivity contribution < 1.29 is 9.53 Å². The Labute approximate surface area is 134 Å². The van der Waals surface area contributed by atoms with Crippen LogP contribution < -0.4 is 0 Å². The second-order valence-electron chi connectivity index (χ2n) is 6.39. The third-order valence-electron chi connectivity index (χ3n) is 4.88. The fraction of sp³-hybridized carbons (Fsp3) is 0.471. The number of ether oxygens (including phenoxy) is 1. The van der Waals surface area contributed by atoms with Crippen molar-refractivity contribution in [3.05, 3.63) is 36.0 Å². The summed E-state index contributed by atoms with van der Waals surface area (Å²) in [5.41, 5.74) is 1.93. The number of fused-ring (bicyclic) bond motifs is 1. The number of hydrogen-bond donors (Lipinski definition) is 0. The average molecular weight is 316 g/mol. The Morgan fingerprint density at radius 1 is 1.36 bits per heavy atom. The van der Waals surface area contributed by atoms with E-state index in [2.05, 4.69) is 6.07 Å². The van der Waals surface area contributed by atoms with Crippen LogP contribution in [-0.4, -0.2) is 52.2 Å². The van der Waals surface area contributed by atoms with Crippen molar-refractivity contribution in [1.29, 1.82) is 0 Å². The lowest BCUT2D eigenvalue weighted by atomic mass is 9.92. The molecule has 2 aliphatic rings. The maximum atomic E-state index is 12.8. The monoisotopic (exact) mass is 316 g/mol. The predicted molar refractivity (Wildman–Crippen MR) is 89.4 cm³/mol. The smallest absolute Gasteiger partial charge is 0.256 e. The number of amides is 1. The molecule has 5 heteroatoms. The summed E-state index contributed by atoms with van der Waals surface area (Å²) in [5, 5.41) is 1.05.